The third-order valence-corrected chi connectivity index (χ3v) is 2.45. The Morgan fingerprint density at radius 1 is 0.800 bits per heavy atom. The highest BCUT2D eigenvalue weighted by molar-refractivity contribution is 5.23. The second-order valence-corrected chi connectivity index (χ2v) is 3.95. The van der Waals surface area contributed by atoms with E-state index in [1.54, 1.807) is 6.08 Å². The van der Waals surface area contributed by atoms with Gasteiger partial charge in [-0.05, 0) is 36.4 Å². The molecule has 0 radical (unpaired) electrons. The average Bonchev–Trinajstić information content (AvgIpc) is 2.52. The van der Waals surface area contributed by atoms with Crippen LogP contribution in [0.15, 0.2) is 72.8 Å². The largest absolute Gasteiger partial charge is 0.490 e. The first-order valence-corrected chi connectivity index (χ1v) is 6.44. The summed E-state index contributed by atoms with van der Waals surface area (Å²) >= 11 is 0. The van der Waals surface area contributed by atoms with Crippen molar-refractivity contribution >= 4 is 0 Å². The van der Waals surface area contributed by atoms with Gasteiger partial charge < -0.3 is 9.47 Å². The van der Waals surface area contributed by atoms with Gasteiger partial charge in [0.15, 0.2) is 0 Å². The second-order valence-electron chi connectivity index (χ2n) is 3.95. The summed E-state index contributed by atoms with van der Waals surface area (Å²) in [4.78, 5) is 0. The summed E-state index contributed by atoms with van der Waals surface area (Å²) in [5.74, 6) is 7.51. The van der Waals surface area contributed by atoms with Crippen molar-refractivity contribution in [1.29, 1.82) is 0 Å². The molecule has 2 heteroatoms. The molecule has 0 aliphatic rings. The zero-order valence-corrected chi connectivity index (χ0v) is 11.2. The van der Waals surface area contributed by atoms with Crippen LogP contribution in [0.4, 0.5) is 0 Å². The molecule has 2 aromatic carbocycles. The smallest absolute Gasteiger partial charge is 0.149 e. The minimum absolute atomic E-state index is 0.383. The Morgan fingerprint density at radius 2 is 1.40 bits per heavy atom. The molecule has 0 aromatic heterocycles. The van der Waals surface area contributed by atoms with E-state index in [-0.39, 0.29) is 0 Å². The van der Waals surface area contributed by atoms with Crippen LogP contribution < -0.4 is 9.47 Å². The molecule has 2 aromatic rings. The van der Waals surface area contributed by atoms with Gasteiger partial charge in [-0.15, -0.1) is 0 Å². The Labute approximate surface area is 119 Å². The van der Waals surface area contributed by atoms with E-state index in [1.807, 2.05) is 66.7 Å². The number of benzene rings is 2. The van der Waals surface area contributed by atoms with Gasteiger partial charge in [0.1, 0.15) is 24.7 Å². The Kier molecular flexibility index (Phi) is 5.81. The average molecular weight is 264 g/mol. The van der Waals surface area contributed by atoms with E-state index in [2.05, 4.69) is 11.8 Å². The maximum absolute atomic E-state index is 5.50. The van der Waals surface area contributed by atoms with Crippen LogP contribution in [-0.4, -0.2) is 13.2 Å². The molecule has 0 aliphatic heterocycles. The monoisotopic (exact) mass is 264 g/mol. The van der Waals surface area contributed by atoms with Crippen molar-refractivity contribution in [3.8, 4) is 23.3 Å². The molecule has 0 unspecified atom stereocenters. The fourth-order valence-corrected chi connectivity index (χ4v) is 1.50. The van der Waals surface area contributed by atoms with Crippen LogP contribution in [0.3, 0.4) is 0 Å². The number of hydrogen-bond donors (Lipinski definition) is 0. The highest BCUT2D eigenvalue weighted by atomic mass is 16.5. The van der Waals surface area contributed by atoms with E-state index < -0.39 is 0 Å². The Morgan fingerprint density at radius 3 is 2.05 bits per heavy atom. The Balaban J connectivity index is 1.63. The molecule has 0 bridgehead atoms. The van der Waals surface area contributed by atoms with Crippen molar-refractivity contribution in [2.45, 2.75) is 0 Å². The van der Waals surface area contributed by atoms with Crippen molar-refractivity contribution < 1.29 is 9.47 Å². The summed E-state index contributed by atoms with van der Waals surface area (Å²) in [6.45, 7) is 0.895. The molecule has 0 N–H and O–H groups in total. The van der Waals surface area contributed by atoms with Crippen molar-refractivity contribution in [3.63, 3.8) is 0 Å². The first-order chi connectivity index (χ1) is 9.95. The van der Waals surface area contributed by atoms with E-state index in [0.717, 1.165) is 11.5 Å². The quantitative estimate of drug-likeness (QED) is 0.767. The van der Waals surface area contributed by atoms with Crippen LogP contribution in [0.1, 0.15) is 0 Å². The number of rotatable bonds is 5. The molecule has 0 fully saturated rings. The molecular formula is C18H16O2. The fourth-order valence-electron chi connectivity index (χ4n) is 1.50. The lowest BCUT2D eigenvalue weighted by Crippen LogP contribution is -1.93. The van der Waals surface area contributed by atoms with Gasteiger partial charge in [0.05, 0.1) is 0 Å². The van der Waals surface area contributed by atoms with Crippen LogP contribution in [-0.2, 0) is 0 Å². The SMILES string of the molecule is C(#CCOc1ccccc1)/C=C/COc1ccccc1. The van der Waals surface area contributed by atoms with Crippen molar-refractivity contribution in [1.82, 2.24) is 0 Å². The standard InChI is InChI=1S/C18H16O2/c1(9-15-19-17-11-5-3-6-12-17)2-10-16-20-18-13-7-4-8-14-18/h1,3-9,11-14H,15-16H2/b9-1+. The fraction of sp³-hybridized carbons (Fsp3) is 0.111. The van der Waals surface area contributed by atoms with E-state index in [9.17, 15) is 0 Å². The molecule has 20 heavy (non-hydrogen) atoms. The van der Waals surface area contributed by atoms with Gasteiger partial charge in [0, 0.05) is 0 Å². The lowest BCUT2D eigenvalue weighted by molar-refractivity contribution is 0.363. The molecule has 0 atom stereocenters. The molecule has 0 spiro atoms. The number of para-hydroxylation sites is 2. The molecule has 2 rings (SSSR count). The number of allylic oxidation sites excluding steroid dienone is 1. The van der Waals surface area contributed by atoms with E-state index in [0.29, 0.717) is 13.2 Å². The number of hydrogen-bond acceptors (Lipinski definition) is 2. The van der Waals surface area contributed by atoms with Gasteiger partial charge in [-0.1, -0.05) is 48.2 Å². The minimum Gasteiger partial charge on any atom is -0.490 e. The van der Waals surface area contributed by atoms with Crippen LogP contribution in [0, 0.1) is 11.8 Å². The first-order valence-electron chi connectivity index (χ1n) is 6.44. The molecule has 0 aliphatic carbocycles. The molecular weight excluding hydrogens is 248 g/mol. The molecule has 0 amide bonds. The Bertz CT molecular complexity index is 577. The molecule has 100 valence electrons. The predicted molar refractivity (Wildman–Crippen MR) is 80.8 cm³/mol. The first kappa shape index (κ1) is 13.8. The molecule has 2 nitrogen and oxygen atoms in total. The topological polar surface area (TPSA) is 18.5 Å². The zero-order chi connectivity index (χ0) is 13.9. The summed E-state index contributed by atoms with van der Waals surface area (Å²) < 4.78 is 10.9. The lowest BCUT2D eigenvalue weighted by Gasteiger charge is -2.00. The normalized spacial score (nSPS) is 9.80. The van der Waals surface area contributed by atoms with E-state index in [1.165, 1.54) is 0 Å². The summed E-state index contributed by atoms with van der Waals surface area (Å²) in [5, 5.41) is 0. The third kappa shape index (κ3) is 5.32. The zero-order valence-electron chi connectivity index (χ0n) is 11.2. The molecule has 0 heterocycles. The van der Waals surface area contributed by atoms with Crippen LogP contribution >= 0.6 is 0 Å². The van der Waals surface area contributed by atoms with Gasteiger partial charge in [-0.2, -0.15) is 0 Å². The van der Waals surface area contributed by atoms with Crippen molar-refractivity contribution in [3.05, 3.63) is 72.8 Å². The lowest BCUT2D eigenvalue weighted by atomic mass is 10.3. The summed E-state index contributed by atoms with van der Waals surface area (Å²) in [7, 11) is 0. The van der Waals surface area contributed by atoms with E-state index in [4.69, 9.17) is 9.47 Å². The van der Waals surface area contributed by atoms with Gasteiger partial charge in [0.25, 0.3) is 0 Å². The maximum Gasteiger partial charge on any atom is 0.149 e. The second kappa shape index (κ2) is 8.44. The summed E-state index contributed by atoms with van der Waals surface area (Å²) in [5.41, 5.74) is 0. The van der Waals surface area contributed by atoms with Gasteiger partial charge in [-0.3, -0.25) is 0 Å². The number of ether oxygens (including phenoxy) is 2. The minimum atomic E-state index is 0.383. The van der Waals surface area contributed by atoms with Gasteiger partial charge in [-0.25, -0.2) is 0 Å². The van der Waals surface area contributed by atoms with E-state index >= 15 is 0 Å². The highest BCUT2D eigenvalue weighted by Crippen LogP contribution is 2.08. The van der Waals surface area contributed by atoms with Crippen molar-refractivity contribution in [2.75, 3.05) is 13.2 Å². The summed E-state index contributed by atoms with van der Waals surface area (Å²) in [6.07, 6.45) is 3.65. The highest BCUT2D eigenvalue weighted by Gasteiger charge is 1.87. The van der Waals surface area contributed by atoms with Crippen LogP contribution in [0.2, 0.25) is 0 Å². The Hall–Kier alpha value is -2.66. The predicted octanol–water partition coefficient (Wildman–Crippen LogP) is 3.70. The summed E-state index contributed by atoms with van der Waals surface area (Å²) in [6, 6.07) is 19.3. The van der Waals surface area contributed by atoms with Crippen LogP contribution in [0.5, 0.6) is 11.5 Å². The molecule has 0 saturated heterocycles. The van der Waals surface area contributed by atoms with Gasteiger partial charge in [0.2, 0.25) is 0 Å². The van der Waals surface area contributed by atoms with Crippen molar-refractivity contribution in [2.24, 2.45) is 0 Å². The van der Waals surface area contributed by atoms with Gasteiger partial charge >= 0.3 is 0 Å². The van der Waals surface area contributed by atoms with Crippen LogP contribution in [0.25, 0.3) is 0 Å². The third-order valence-electron chi connectivity index (χ3n) is 2.45. The molecule has 0 saturated carbocycles. The maximum atomic E-state index is 5.50.